The van der Waals surface area contributed by atoms with E-state index in [1.165, 1.54) is 5.01 Å². The summed E-state index contributed by atoms with van der Waals surface area (Å²) in [6, 6.07) is 0. The monoisotopic (exact) mass is 111 g/mol. The van der Waals surface area contributed by atoms with Crippen LogP contribution in [0.2, 0.25) is 0 Å². The molecule has 43 valence electrons. The predicted molar refractivity (Wildman–Crippen MR) is 30.3 cm³/mol. The van der Waals surface area contributed by atoms with E-state index in [0.717, 1.165) is 0 Å². The summed E-state index contributed by atoms with van der Waals surface area (Å²) >= 11 is 0. The second-order valence-corrected chi connectivity index (χ2v) is 1.47. The molecule has 1 aliphatic heterocycles. The van der Waals surface area contributed by atoms with E-state index < -0.39 is 0 Å². The lowest BCUT2D eigenvalue weighted by molar-refractivity contribution is 0.402. The molecule has 0 aliphatic carbocycles. The largest absolute Gasteiger partial charge is 0.383 e. The van der Waals surface area contributed by atoms with E-state index in [0.29, 0.717) is 12.5 Å². The van der Waals surface area contributed by atoms with Crippen molar-refractivity contribution >= 4 is 5.84 Å². The van der Waals surface area contributed by atoms with E-state index in [9.17, 15) is 0 Å². The zero-order valence-corrected chi connectivity index (χ0v) is 4.33. The molecular weight excluding hydrogens is 104 g/mol. The Hall–Kier alpha value is -1.03. The molecule has 1 aliphatic rings. The Balaban J connectivity index is 2.58. The summed E-state index contributed by atoms with van der Waals surface area (Å²) in [5, 5.41) is 1.40. The molecular formula is C4H7N4. The highest BCUT2D eigenvalue weighted by Gasteiger charge is 1.95. The van der Waals surface area contributed by atoms with Gasteiger partial charge in [-0.15, -0.1) is 0 Å². The van der Waals surface area contributed by atoms with Crippen molar-refractivity contribution in [3.05, 3.63) is 12.3 Å². The third-order valence-corrected chi connectivity index (χ3v) is 0.783. The van der Waals surface area contributed by atoms with Gasteiger partial charge in [0.2, 0.25) is 0 Å². The van der Waals surface area contributed by atoms with Crippen LogP contribution in [-0.2, 0) is 0 Å². The number of rotatable bonds is 0. The number of amidine groups is 1. The van der Waals surface area contributed by atoms with Gasteiger partial charge in [0.1, 0.15) is 12.5 Å². The molecule has 1 radical (unpaired) electrons. The molecule has 4 nitrogen and oxygen atoms in total. The molecule has 0 spiro atoms. The Morgan fingerprint density at radius 3 is 3.00 bits per heavy atom. The van der Waals surface area contributed by atoms with Gasteiger partial charge in [0.05, 0.1) is 0 Å². The van der Waals surface area contributed by atoms with Crippen molar-refractivity contribution in [2.75, 3.05) is 6.67 Å². The average Bonchev–Trinajstić information content (AvgIpc) is 1.77. The first-order valence-electron chi connectivity index (χ1n) is 2.20. The fourth-order valence-corrected chi connectivity index (χ4v) is 0.393. The zero-order chi connectivity index (χ0) is 5.98. The summed E-state index contributed by atoms with van der Waals surface area (Å²) in [4.78, 5) is 3.76. The summed E-state index contributed by atoms with van der Waals surface area (Å²) < 4.78 is 0. The molecule has 4 heteroatoms. The van der Waals surface area contributed by atoms with Crippen molar-refractivity contribution in [3.63, 3.8) is 0 Å². The number of nitrogens with zero attached hydrogens (tertiary/aromatic N) is 2. The maximum Gasteiger partial charge on any atom is 0.130 e. The standard InChI is InChI=1S/C4H7N4/c5-4-1-2-8(6)3-7-4/h2H,3,6H2,(H2,5,7). The van der Waals surface area contributed by atoms with E-state index >= 15 is 0 Å². The molecule has 0 amide bonds. The lowest BCUT2D eigenvalue weighted by Gasteiger charge is -2.12. The number of aliphatic imine (C=N–C) groups is 1. The maximum atomic E-state index is 5.25. The highest BCUT2D eigenvalue weighted by Crippen LogP contribution is 1.87. The Morgan fingerprint density at radius 1 is 1.88 bits per heavy atom. The molecule has 0 aromatic heterocycles. The smallest absolute Gasteiger partial charge is 0.130 e. The maximum absolute atomic E-state index is 5.25. The van der Waals surface area contributed by atoms with Gasteiger partial charge in [-0.1, -0.05) is 0 Å². The topological polar surface area (TPSA) is 67.6 Å². The highest BCUT2D eigenvalue weighted by molar-refractivity contribution is 5.87. The predicted octanol–water partition coefficient (Wildman–Crippen LogP) is -1.19. The van der Waals surface area contributed by atoms with E-state index in [-0.39, 0.29) is 0 Å². The summed E-state index contributed by atoms with van der Waals surface area (Å²) in [6.07, 6.45) is 4.19. The van der Waals surface area contributed by atoms with Crippen molar-refractivity contribution in [2.45, 2.75) is 0 Å². The lowest BCUT2D eigenvalue weighted by Crippen LogP contribution is -2.30. The first-order chi connectivity index (χ1) is 3.79. The molecule has 1 rings (SSSR count). The fourth-order valence-electron chi connectivity index (χ4n) is 0.393. The van der Waals surface area contributed by atoms with E-state index in [1.54, 1.807) is 6.20 Å². The van der Waals surface area contributed by atoms with Crippen molar-refractivity contribution in [2.24, 2.45) is 16.6 Å². The number of hydrogen-bond donors (Lipinski definition) is 2. The quantitative estimate of drug-likeness (QED) is 0.386. The third kappa shape index (κ3) is 0.974. The minimum Gasteiger partial charge on any atom is -0.383 e. The SMILES string of the molecule is NC1=NCN(N)C=[C]1. The molecule has 0 saturated heterocycles. The van der Waals surface area contributed by atoms with Gasteiger partial charge >= 0.3 is 0 Å². The van der Waals surface area contributed by atoms with Crippen molar-refractivity contribution in [1.29, 1.82) is 0 Å². The molecule has 0 saturated carbocycles. The average molecular weight is 111 g/mol. The van der Waals surface area contributed by atoms with Crippen molar-refractivity contribution in [1.82, 2.24) is 5.01 Å². The van der Waals surface area contributed by atoms with Gasteiger partial charge in [-0.05, 0) is 0 Å². The van der Waals surface area contributed by atoms with Crippen LogP contribution in [0.25, 0.3) is 0 Å². The highest BCUT2D eigenvalue weighted by atomic mass is 15.4. The van der Waals surface area contributed by atoms with Crippen LogP contribution >= 0.6 is 0 Å². The molecule has 0 bridgehead atoms. The molecule has 4 N–H and O–H groups in total. The minimum absolute atomic E-state index is 0.409. The second kappa shape index (κ2) is 1.83. The number of hydrogen-bond acceptors (Lipinski definition) is 4. The van der Waals surface area contributed by atoms with Gasteiger partial charge in [-0.2, -0.15) is 0 Å². The van der Waals surface area contributed by atoms with Crippen LogP contribution in [0, 0.1) is 6.08 Å². The molecule has 0 aromatic carbocycles. The van der Waals surface area contributed by atoms with Gasteiger partial charge in [0.25, 0.3) is 0 Å². The Bertz CT molecular complexity index is 137. The second-order valence-electron chi connectivity index (χ2n) is 1.47. The van der Waals surface area contributed by atoms with Gasteiger partial charge < -0.3 is 5.73 Å². The Labute approximate surface area is 47.4 Å². The first kappa shape index (κ1) is 5.11. The van der Waals surface area contributed by atoms with Crippen LogP contribution in [-0.4, -0.2) is 17.5 Å². The van der Waals surface area contributed by atoms with Crippen LogP contribution in [0.5, 0.6) is 0 Å². The van der Waals surface area contributed by atoms with Crippen LogP contribution in [0.15, 0.2) is 11.2 Å². The third-order valence-electron chi connectivity index (χ3n) is 0.783. The summed E-state index contributed by atoms with van der Waals surface area (Å²) in [6.45, 7) is 0.429. The number of hydrazine groups is 1. The van der Waals surface area contributed by atoms with E-state index in [2.05, 4.69) is 11.1 Å². The van der Waals surface area contributed by atoms with E-state index in [1.807, 2.05) is 0 Å². The molecule has 1 heterocycles. The summed E-state index contributed by atoms with van der Waals surface area (Å²) in [7, 11) is 0. The summed E-state index contributed by atoms with van der Waals surface area (Å²) in [5.41, 5.74) is 5.22. The molecule has 0 fully saturated rings. The molecule has 8 heavy (non-hydrogen) atoms. The Kier molecular flexibility index (Phi) is 1.17. The van der Waals surface area contributed by atoms with Crippen LogP contribution in [0.1, 0.15) is 0 Å². The Morgan fingerprint density at radius 2 is 2.62 bits per heavy atom. The van der Waals surface area contributed by atoms with Gasteiger partial charge in [-0.3, -0.25) is 5.01 Å². The normalized spacial score (nSPS) is 18.6. The molecule has 0 atom stereocenters. The van der Waals surface area contributed by atoms with Gasteiger partial charge in [-0.25, -0.2) is 10.8 Å². The van der Waals surface area contributed by atoms with Gasteiger partial charge in [0.15, 0.2) is 0 Å². The molecule has 0 unspecified atom stereocenters. The lowest BCUT2D eigenvalue weighted by atomic mass is 10.5. The van der Waals surface area contributed by atoms with Crippen LogP contribution < -0.4 is 11.6 Å². The fraction of sp³-hybridized carbons (Fsp3) is 0.250. The van der Waals surface area contributed by atoms with Gasteiger partial charge in [0, 0.05) is 12.3 Å². The summed E-state index contributed by atoms with van der Waals surface area (Å²) in [5.74, 6) is 5.66. The van der Waals surface area contributed by atoms with Crippen molar-refractivity contribution < 1.29 is 0 Å². The van der Waals surface area contributed by atoms with Crippen LogP contribution in [0.3, 0.4) is 0 Å². The molecule has 0 aromatic rings. The van der Waals surface area contributed by atoms with Crippen molar-refractivity contribution in [3.8, 4) is 0 Å². The minimum atomic E-state index is 0.409. The zero-order valence-electron chi connectivity index (χ0n) is 4.33. The van der Waals surface area contributed by atoms with Crippen LogP contribution in [0.4, 0.5) is 0 Å². The first-order valence-corrected chi connectivity index (χ1v) is 2.20. The number of nitrogens with two attached hydrogens (primary N) is 2. The van der Waals surface area contributed by atoms with E-state index in [4.69, 9.17) is 11.6 Å².